The van der Waals surface area contributed by atoms with Crippen molar-refractivity contribution in [1.82, 2.24) is 4.90 Å². The van der Waals surface area contributed by atoms with Gasteiger partial charge in [0, 0.05) is 0 Å². The first-order chi connectivity index (χ1) is 3.18. The van der Waals surface area contributed by atoms with Gasteiger partial charge in [-0.15, -0.1) is 0 Å². The first-order valence-electron chi connectivity index (χ1n) is 2.05. The van der Waals surface area contributed by atoms with Gasteiger partial charge in [0.2, 0.25) is 0 Å². The van der Waals surface area contributed by atoms with Crippen molar-refractivity contribution < 1.29 is 8.78 Å². The third-order valence-electron chi connectivity index (χ3n) is 0.688. The van der Waals surface area contributed by atoms with E-state index in [2.05, 4.69) is 0 Å². The lowest BCUT2D eigenvalue weighted by molar-refractivity contribution is 0.106. The van der Waals surface area contributed by atoms with Crippen LogP contribution >= 0.6 is 0 Å². The number of hydrogen-bond acceptors (Lipinski definition) is 1. The summed E-state index contributed by atoms with van der Waals surface area (Å²) in [6.07, 6.45) is -1.43. The number of nitrogens with zero attached hydrogens (tertiary/aromatic N) is 1. The van der Waals surface area contributed by atoms with Crippen LogP contribution in [-0.4, -0.2) is 32.0 Å². The average Bonchev–Trinajstić information content (AvgIpc) is 1.65. The average molecular weight is 109 g/mol. The summed E-state index contributed by atoms with van der Waals surface area (Å²) in [5, 5.41) is 0. The summed E-state index contributed by atoms with van der Waals surface area (Å²) in [5.74, 6) is 0. The van der Waals surface area contributed by atoms with Crippen LogP contribution in [0, 0.1) is 0 Å². The molecule has 0 N–H and O–H groups in total. The second-order valence-corrected chi connectivity index (χ2v) is 1.55. The number of alkyl halides is 2. The Morgan fingerprint density at radius 2 is 2.00 bits per heavy atom. The van der Waals surface area contributed by atoms with Crippen LogP contribution in [0.25, 0.3) is 0 Å². The summed E-state index contributed by atoms with van der Waals surface area (Å²) < 4.78 is 23.0. The Labute approximate surface area is 41.9 Å². The first-order valence-corrected chi connectivity index (χ1v) is 2.05. The molecule has 0 rings (SSSR count). The largest absolute Gasteiger partial charge is 0.278 e. The van der Waals surface area contributed by atoms with E-state index in [1.165, 1.54) is 19.0 Å². The van der Waals surface area contributed by atoms with E-state index in [0.29, 0.717) is 0 Å². The molecule has 0 aromatic rings. The fourth-order valence-corrected chi connectivity index (χ4v) is 0.138. The molecule has 0 bridgehead atoms. The van der Waals surface area contributed by atoms with Gasteiger partial charge in [0.25, 0.3) is 0 Å². The van der Waals surface area contributed by atoms with Gasteiger partial charge in [0.15, 0.2) is 6.30 Å². The first kappa shape index (κ1) is 6.82. The van der Waals surface area contributed by atoms with Crippen LogP contribution in [0.5, 0.6) is 0 Å². The van der Waals surface area contributed by atoms with E-state index in [0.717, 1.165) is 0 Å². The van der Waals surface area contributed by atoms with Gasteiger partial charge in [-0.1, -0.05) is 0 Å². The Kier molecular flexibility index (Phi) is 2.83. The smallest absolute Gasteiger partial charge is 0.181 e. The van der Waals surface area contributed by atoms with Crippen molar-refractivity contribution >= 4 is 0 Å². The summed E-state index contributed by atoms with van der Waals surface area (Å²) in [5.41, 5.74) is 0. The quantitative estimate of drug-likeness (QED) is 0.474. The van der Waals surface area contributed by atoms with Gasteiger partial charge < -0.3 is 0 Å². The molecule has 0 aliphatic heterocycles. The van der Waals surface area contributed by atoms with E-state index < -0.39 is 13.0 Å². The van der Waals surface area contributed by atoms with Crippen molar-refractivity contribution in [3.63, 3.8) is 0 Å². The molecule has 0 radical (unpaired) electrons. The molecule has 0 fully saturated rings. The minimum atomic E-state index is -1.43. The van der Waals surface area contributed by atoms with Crippen LogP contribution in [0.4, 0.5) is 8.78 Å². The minimum absolute atomic E-state index is 0.924. The molecule has 0 aliphatic carbocycles. The molecule has 0 heterocycles. The second-order valence-electron chi connectivity index (χ2n) is 1.55. The summed E-state index contributed by atoms with van der Waals surface area (Å²) >= 11 is 0. The van der Waals surface area contributed by atoms with Gasteiger partial charge in [-0.3, -0.25) is 4.90 Å². The van der Waals surface area contributed by atoms with Crippen LogP contribution in [0.15, 0.2) is 0 Å². The fraction of sp³-hybridized carbons (Fsp3) is 1.00. The molecule has 3 heteroatoms. The molecule has 1 unspecified atom stereocenters. The molecule has 0 saturated carbocycles. The van der Waals surface area contributed by atoms with Crippen LogP contribution in [0.2, 0.25) is 0 Å². The Morgan fingerprint density at radius 3 is 2.00 bits per heavy atom. The summed E-state index contributed by atoms with van der Waals surface area (Å²) in [6.45, 7) is -0.924. The van der Waals surface area contributed by atoms with Crippen LogP contribution in [0.1, 0.15) is 0 Å². The predicted octanol–water partition coefficient (Wildman–Crippen LogP) is 0.813. The lowest BCUT2D eigenvalue weighted by atomic mass is 10.6. The Hall–Kier alpha value is -0.180. The maximum atomic E-state index is 11.8. The van der Waals surface area contributed by atoms with E-state index >= 15 is 0 Å². The standard InChI is InChI=1S/C4H9F2N/c1-7(2)4(6)3-5/h4H,3H2,1-2H3. The van der Waals surface area contributed by atoms with E-state index in [9.17, 15) is 8.78 Å². The van der Waals surface area contributed by atoms with Gasteiger partial charge in [-0.05, 0) is 14.1 Å². The highest BCUT2D eigenvalue weighted by Gasteiger charge is 2.05. The Bertz CT molecular complexity index is 47.0. The predicted molar refractivity (Wildman–Crippen MR) is 24.6 cm³/mol. The molecule has 7 heavy (non-hydrogen) atoms. The third kappa shape index (κ3) is 2.51. The molecular formula is C4H9F2N. The van der Waals surface area contributed by atoms with Gasteiger partial charge in [-0.25, -0.2) is 8.78 Å². The lowest BCUT2D eigenvalue weighted by Gasteiger charge is -2.10. The second kappa shape index (κ2) is 2.91. The topological polar surface area (TPSA) is 3.24 Å². The zero-order valence-electron chi connectivity index (χ0n) is 4.49. The highest BCUT2D eigenvalue weighted by molar-refractivity contribution is 4.45. The highest BCUT2D eigenvalue weighted by Crippen LogP contribution is 1.92. The number of halogens is 2. The highest BCUT2D eigenvalue weighted by atomic mass is 19.2. The van der Waals surface area contributed by atoms with Gasteiger partial charge in [0.1, 0.15) is 6.67 Å². The van der Waals surface area contributed by atoms with E-state index in [1.54, 1.807) is 0 Å². The summed E-state index contributed by atoms with van der Waals surface area (Å²) in [6, 6.07) is 0. The Morgan fingerprint density at radius 1 is 1.57 bits per heavy atom. The molecule has 0 amide bonds. The van der Waals surface area contributed by atoms with E-state index in [1.807, 2.05) is 0 Å². The molecule has 0 spiro atoms. The normalized spacial score (nSPS) is 15.0. The van der Waals surface area contributed by atoms with Gasteiger partial charge in [0.05, 0.1) is 0 Å². The van der Waals surface area contributed by atoms with Gasteiger partial charge >= 0.3 is 0 Å². The lowest BCUT2D eigenvalue weighted by Crippen LogP contribution is -2.24. The van der Waals surface area contributed by atoms with E-state index in [-0.39, 0.29) is 0 Å². The molecule has 1 atom stereocenters. The van der Waals surface area contributed by atoms with Crippen molar-refractivity contribution in [2.24, 2.45) is 0 Å². The molecular weight excluding hydrogens is 100 g/mol. The Balaban J connectivity index is 3.14. The molecule has 0 aliphatic rings. The maximum Gasteiger partial charge on any atom is 0.181 e. The van der Waals surface area contributed by atoms with Crippen molar-refractivity contribution in [2.75, 3.05) is 20.8 Å². The monoisotopic (exact) mass is 109 g/mol. The molecule has 0 aromatic heterocycles. The molecule has 1 nitrogen and oxygen atoms in total. The minimum Gasteiger partial charge on any atom is -0.278 e. The number of hydrogen-bond donors (Lipinski definition) is 0. The van der Waals surface area contributed by atoms with E-state index in [4.69, 9.17) is 0 Å². The molecule has 0 saturated heterocycles. The summed E-state index contributed by atoms with van der Waals surface area (Å²) in [7, 11) is 2.98. The zero-order valence-corrected chi connectivity index (χ0v) is 4.49. The van der Waals surface area contributed by atoms with Crippen LogP contribution < -0.4 is 0 Å². The SMILES string of the molecule is CN(C)C(F)CF. The van der Waals surface area contributed by atoms with Crippen molar-refractivity contribution in [3.05, 3.63) is 0 Å². The maximum absolute atomic E-state index is 11.8. The zero-order chi connectivity index (χ0) is 5.86. The van der Waals surface area contributed by atoms with Crippen molar-refractivity contribution in [3.8, 4) is 0 Å². The fourth-order valence-electron chi connectivity index (χ4n) is 0.138. The van der Waals surface area contributed by atoms with Crippen molar-refractivity contribution in [2.45, 2.75) is 6.30 Å². The molecule has 44 valence electrons. The summed E-state index contributed by atoms with van der Waals surface area (Å²) in [4.78, 5) is 1.18. The molecule has 0 aromatic carbocycles. The van der Waals surface area contributed by atoms with Gasteiger partial charge in [-0.2, -0.15) is 0 Å². The van der Waals surface area contributed by atoms with Crippen molar-refractivity contribution in [1.29, 1.82) is 0 Å². The number of rotatable bonds is 2. The third-order valence-corrected chi connectivity index (χ3v) is 0.688. The van der Waals surface area contributed by atoms with Crippen LogP contribution in [-0.2, 0) is 0 Å². The van der Waals surface area contributed by atoms with Crippen LogP contribution in [0.3, 0.4) is 0 Å².